The first-order valence-corrected chi connectivity index (χ1v) is 9.15. The number of hydrogen-bond acceptors (Lipinski definition) is 3. The summed E-state index contributed by atoms with van der Waals surface area (Å²) in [6, 6.07) is 10.6. The van der Waals surface area contributed by atoms with Crippen molar-refractivity contribution >= 4 is 27.3 Å². The highest BCUT2D eigenvalue weighted by atomic mass is 32.2. The maximum atomic E-state index is 13.2. The van der Waals surface area contributed by atoms with Crippen LogP contribution < -0.4 is 9.62 Å². The van der Waals surface area contributed by atoms with E-state index in [0.29, 0.717) is 24.2 Å². The number of halogens is 1. The maximum absolute atomic E-state index is 13.2. The standard InChI is InChI=1S/C17H17FN2O3S/c1-12(21)20-8-7-14-10-16(5-6-17(14)20)19-24(22,23)11-13-3-2-4-15(18)9-13/h2-6,9-10,19H,7-8,11H2,1H3. The number of nitrogens with zero attached hydrogens (tertiary/aromatic N) is 1. The molecule has 5 nitrogen and oxygen atoms in total. The largest absolute Gasteiger partial charge is 0.312 e. The van der Waals surface area contributed by atoms with E-state index in [2.05, 4.69) is 4.72 Å². The van der Waals surface area contributed by atoms with Gasteiger partial charge in [0.1, 0.15) is 5.82 Å². The minimum Gasteiger partial charge on any atom is -0.312 e. The first-order valence-electron chi connectivity index (χ1n) is 7.50. The number of carbonyl (C=O) groups excluding carboxylic acids is 1. The molecule has 24 heavy (non-hydrogen) atoms. The van der Waals surface area contributed by atoms with Crippen molar-refractivity contribution < 1.29 is 17.6 Å². The fourth-order valence-corrected chi connectivity index (χ4v) is 4.03. The van der Waals surface area contributed by atoms with Crippen LogP contribution in [0.4, 0.5) is 15.8 Å². The summed E-state index contributed by atoms with van der Waals surface area (Å²) in [6.07, 6.45) is 0.689. The second kappa shape index (κ2) is 6.24. The molecule has 0 bridgehead atoms. The van der Waals surface area contributed by atoms with Crippen molar-refractivity contribution in [1.82, 2.24) is 0 Å². The minimum atomic E-state index is -3.65. The topological polar surface area (TPSA) is 66.5 Å². The molecule has 126 valence electrons. The van der Waals surface area contributed by atoms with E-state index in [9.17, 15) is 17.6 Å². The highest BCUT2D eigenvalue weighted by Gasteiger charge is 2.23. The number of fused-ring (bicyclic) bond motifs is 1. The van der Waals surface area contributed by atoms with Crippen molar-refractivity contribution in [3.05, 3.63) is 59.4 Å². The predicted molar refractivity (Wildman–Crippen MR) is 90.8 cm³/mol. The molecule has 0 spiro atoms. The van der Waals surface area contributed by atoms with Crippen LogP contribution in [0.15, 0.2) is 42.5 Å². The molecule has 1 aliphatic heterocycles. The van der Waals surface area contributed by atoms with Gasteiger partial charge in [0.05, 0.1) is 5.75 Å². The smallest absolute Gasteiger partial charge is 0.236 e. The van der Waals surface area contributed by atoms with Gasteiger partial charge < -0.3 is 4.90 Å². The molecule has 0 aliphatic carbocycles. The Morgan fingerprint density at radius 2 is 2.04 bits per heavy atom. The van der Waals surface area contributed by atoms with E-state index < -0.39 is 15.8 Å². The van der Waals surface area contributed by atoms with Crippen LogP contribution >= 0.6 is 0 Å². The number of nitrogens with one attached hydrogen (secondary N) is 1. The summed E-state index contributed by atoms with van der Waals surface area (Å²) >= 11 is 0. The predicted octanol–water partition coefficient (Wildman–Crippen LogP) is 2.68. The number of amides is 1. The molecule has 2 aromatic rings. The molecular weight excluding hydrogens is 331 g/mol. The van der Waals surface area contributed by atoms with E-state index in [-0.39, 0.29) is 11.7 Å². The zero-order valence-corrected chi connectivity index (χ0v) is 13.9. The van der Waals surface area contributed by atoms with Gasteiger partial charge in [-0.2, -0.15) is 0 Å². The van der Waals surface area contributed by atoms with E-state index in [1.807, 2.05) is 0 Å². The lowest BCUT2D eigenvalue weighted by Gasteiger charge is -2.15. The summed E-state index contributed by atoms with van der Waals surface area (Å²) in [5.41, 5.74) is 2.56. The van der Waals surface area contributed by atoms with Crippen molar-refractivity contribution in [2.24, 2.45) is 0 Å². The van der Waals surface area contributed by atoms with E-state index in [1.165, 1.54) is 25.1 Å². The van der Waals surface area contributed by atoms with E-state index in [4.69, 9.17) is 0 Å². The molecular formula is C17H17FN2O3S. The molecule has 0 unspecified atom stereocenters. The van der Waals surface area contributed by atoms with Gasteiger partial charge in [-0.05, 0) is 47.9 Å². The SMILES string of the molecule is CC(=O)N1CCc2cc(NS(=O)(=O)Cc3cccc(F)c3)ccc21. The molecule has 0 aromatic heterocycles. The van der Waals surface area contributed by atoms with Crippen molar-refractivity contribution in [1.29, 1.82) is 0 Å². The van der Waals surface area contributed by atoms with Crippen molar-refractivity contribution in [3.63, 3.8) is 0 Å². The molecule has 0 saturated carbocycles. The first kappa shape index (κ1) is 16.4. The van der Waals surface area contributed by atoms with Crippen LogP contribution in [-0.4, -0.2) is 20.9 Å². The Bertz CT molecular complexity index is 896. The summed E-state index contributed by atoms with van der Waals surface area (Å²) in [5.74, 6) is -0.806. The van der Waals surface area contributed by atoms with Gasteiger partial charge in [0.2, 0.25) is 15.9 Å². The van der Waals surface area contributed by atoms with Gasteiger partial charge in [0.15, 0.2) is 0 Å². The third-order valence-corrected chi connectivity index (χ3v) is 5.13. The normalized spacial score (nSPS) is 13.7. The zero-order chi connectivity index (χ0) is 17.3. The third kappa shape index (κ3) is 3.56. The van der Waals surface area contributed by atoms with Crippen molar-refractivity contribution in [3.8, 4) is 0 Å². The fourth-order valence-electron chi connectivity index (χ4n) is 2.85. The number of hydrogen-bond donors (Lipinski definition) is 1. The Morgan fingerprint density at radius 1 is 1.25 bits per heavy atom. The van der Waals surface area contributed by atoms with Crippen LogP contribution in [0.25, 0.3) is 0 Å². The Balaban J connectivity index is 1.77. The Morgan fingerprint density at radius 3 is 2.75 bits per heavy atom. The van der Waals surface area contributed by atoms with Gasteiger partial charge in [-0.25, -0.2) is 12.8 Å². The molecule has 7 heteroatoms. The number of rotatable bonds is 4. The Labute approximate surface area is 140 Å². The van der Waals surface area contributed by atoms with E-state index in [0.717, 1.165) is 11.3 Å². The van der Waals surface area contributed by atoms with Gasteiger partial charge in [-0.1, -0.05) is 12.1 Å². The average molecular weight is 348 g/mol. The van der Waals surface area contributed by atoms with Crippen LogP contribution in [0.2, 0.25) is 0 Å². The van der Waals surface area contributed by atoms with Crippen LogP contribution in [0, 0.1) is 5.82 Å². The molecule has 0 saturated heterocycles. The average Bonchev–Trinajstić information content (AvgIpc) is 2.89. The summed E-state index contributed by atoms with van der Waals surface area (Å²) in [6.45, 7) is 2.11. The zero-order valence-electron chi connectivity index (χ0n) is 13.1. The fraction of sp³-hybridized carbons (Fsp3) is 0.235. The third-order valence-electron chi connectivity index (χ3n) is 3.87. The maximum Gasteiger partial charge on any atom is 0.236 e. The van der Waals surface area contributed by atoms with Crippen LogP contribution in [0.1, 0.15) is 18.1 Å². The second-order valence-corrected chi connectivity index (χ2v) is 7.48. The molecule has 0 fully saturated rings. The highest BCUT2D eigenvalue weighted by Crippen LogP contribution is 2.31. The van der Waals surface area contributed by atoms with Crippen LogP contribution in [-0.2, 0) is 27.0 Å². The van der Waals surface area contributed by atoms with Gasteiger partial charge in [-0.15, -0.1) is 0 Å². The minimum absolute atomic E-state index is 0.0341. The number of benzene rings is 2. The number of sulfonamides is 1. The summed E-state index contributed by atoms with van der Waals surface area (Å²) in [7, 11) is -3.65. The van der Waals surface area contributed by atoms with Crippen LogP contribution in [0.5, 0.6) is 0 Å². The number of carbonyl (C=O) groups is 1. The Hall–Kier alpha value is -2.41. The Kier molecular flexibility index (Phi) is 4.28. The molecule has 1 heterocycles. The second-order valence-electron chi connectivity index (χ2n) is 5.76. The van der Waals surface area contributed by atoms with Crippen molar-refractivity contribution in [2.75, 3.05) is 16.2 Å². The lowest BCUT2D eigenvalue weighted by atomic mass is 10.1. The highest BCUT2D eigenvalue weighted by molar-refractivity contribution is 7.91. The lowest BCUT2D eigenvalue weighted by molar-refractivity contribution is -0.116. The van der Waals surface area contributed by atoms with Gasteiger partial charge >= 0.3 is 0 Å². The quantitative estimate of drug-likeness (QED) is 0.924. The van der Waals surface area contributed by atoms with Crippen molar-refractivity contribution in [2.45, 2.75) is 19.1 Å². The molecule has 1 amide bonds. The summed E-state index contributed by atoms with van der Waals surface area (Å²) in [5, 5.41) is 0. The first-order chi connectivity index (χ1) is 11.3. The molecule has 3 rings (SSSR count). The van der Waals surface area contributed by atoms with Crippen LogP contribution in [0.3, 0.4) is 0 Å². The number of anilines is 2. The summed E-state index contributed by atoms with van der Waals surface area (Å²) < 4.78 is 40.2. The monoisotopic (exact) mass is 348 g/mol. The van der Waals surface area contributed by atoms with E-state index in [1.54, 1.807) is 29.2 Å². The molecule has 0 atom stereocenters. The van der Waals surface area contributed by atoms with E-state index >= 15 is 0 Å². The molecule has 1 N–H and O–H groups in total. The van der Waals surface area contributed by atoms with Gasteiger partial charge in [0, 0.05) is 24.8 Å². The summed E-state index contributed by atoms with van der Waals surface area (Å²) in [4.78, 5) is 13.2. The lowest BCUT2D eigenvalue weighted by Crippen LogP contribution is -2.25. The molecule has 0 radical (unpaired) electrons. The molecule has 1 aliphatic rings. The molecule has 2 aromatic carbocycles. The van der Waals surface area contributed by atoms with Gasteiger partial charge in [-0.3, -0.25) is 9.52 Å². The van der Waals surface area contributed by atoms with Gasteiger partial charge in [0.25, 0.3) is 0 Å².